The van der Waals surface area contributed by atoms with Crippen molar-refractivity contribution in [3.8, 4) is 11.5 Å². The van der Waals surface area contributed by atoms with Gasteiger partial charge in [-0.05, 0) is 37.6 Å². The van der Waals surface area contributed by atoms with E-state index in [1.54, 1.807) is 12.1 Å². The molecular formula is C18H16F2N4O. The summed E-state index contributed by atoms with van der Waals surface area (Å²) in [4.78, 5) is 10.5. The lowest BCUT2D eigenvalue weighted by molar-refractivity contribution is 0.199. The predicted octanol–water partition coefficient (Wildman–Crippen LogP) is 3.75. The van der Waals surface area contributed by atoms with E-state index in [1.807, 2.05) is 6.07 Å². The number of hydrogen-bond acceptors (Lipinski definition) is 5. The molecule has 1 fully saturated rings. The van der Waals surface area contributed by atoms with Crippen molar-refractivity contribution in [3.05, 3.63) is 65.7 Å². The van der Waals surface area contributed by atoms with E-state index < -0.39 is 5.82 Å². The van der Waals surface area contributed by atoms with Gasteiger partial charge < -0.3 is 4.52 Å². The Labute approximate surface area is 143 Å². The molecule has 1 saturated heterocycles. The Kier molecular flexibility index (Phi) is 4.23. The first-order valence-electron chi connectivity index (χ1n) is 8.14. The van der Waals surface area contributed by atoms with Gasteiger partial charge in [-0.2, -0.15) is 4.98 Å². The number of pyridine rings is 1. The van der Waals surface area contributed by atoms with E-state index in [1.165, 1.54) is 18.2 Å². The second-order valence-electron chi connectivity index (χ2n) is 6.04. The molecule has 5 nitrogen and oxygen atoms in total. The van der Waals surface area contributed by atoms with Crippen molar-refractivity contribution in [2.45, 2.75) is 25.4 Å². The minimum atomic E-state index is -0.417. The molecule has 2 aromatic heterocycles. The van der Waals surface area contributed by atoms with Crippen LogP contribution in [0, 0.1) is 11.6 Å². The van der Waals surface area contributed by atoms with Crippen LogP contribution in [0.15, 0.2) is 47.1 Å². The van der Waals surface area contributed by atoms with E-state index in [0.29, 0.717) is 29.5 Å². The maximum atomic E-state index is 13.9. The lowest BCUT2D eigenvalue weighted by Gasteiger charge is -2.21. The van der Waals surface area contributed by atoms with E-state index in [0.717, 1.165) is 25.6 Å². The van der Waals surface area contributed by atoms with Gasteiger partial charge in [-0.3, -0.25) is 4.90 Å². The molecule has 0 radical (unpaired) electrons. The van der Waals surface area contributed by atoms with Gasteiger partial charge >= 0.3 is 0 Å². The molecule has 4 rings (SSSR count). The number of halogens is 2. The molecule has 7 heteroatoms. The van der Waals surface area contributed by atoms with Gasteiger partial charge in [0.15, 0.2) is 0 Å². The summed E-state index contributed by atoms with van der Waals surface area (Å²) in [6.45, 7) is 1.33. The van der Waals surface area contributed by atoms with Crippen LogP contribution in [0.25, 0.3) is 11.5 Å². The number of aromatic nitrogens is 3. The summed E-state index contributed by atoms with van der Waals surface area (Å²) in [6.07, 6.45) is 2.96. The lowest BCUT2D eigenvalue weighted by Crippen LogP contribution is -2.23. The summed E-state index contributed by atoms with van der Waals surface area (Å²) >= 11 is 0. The first-order valence-corrected chi connectivity index (χ1v) is 8.14. The van der Waals surface area contributed by atoms with Crippen LogP contribution in [0.5, 0.6) is 0 Å². The second kappa shape index (κ2) is 6.68. The Morgan fingerprint density at radius 1 is 1.16 bits per heavy atom. The summed E-state index contributed by atoms with van der Waals surface area (Å²) in [6, 6.07) is 9.52. The molecule has 3 aromatic rings. The molecule has 1 aromatic carbocycles. The molecule has 0 spiro atoms. The summed E-state index contributed by atoms with van der Waals surface area (Å²) in [5.41, 5.74) is 1.10. The van der Waals surface area contributed by atoms with Crippen LogP contribution in [0.4, 0.5) is 8.78 Å². The molecule has 0 amide bonds. The maximum absolute atomic E-state index is 13.9. The van der Waals surface area contributed by atoms with Crippen molar-refractivity contribution < 1.29 is 13.3 Å². The SMILES string of the molecule is Fc1ccc(-c2noc(C3CCCN3Cc3ccccc3F)n2)nc1. The van der Waals surface area contributed by atoms with Crippen LogP contribution in [0.3, 0.4) is 0 Å². The average Bonchev–Trinajstić information content (AvgIpc) is 3.27. The van der Waals surface area contributed by atoms with Crippen molar-refractivity contribution in [2.75, 3.05) is 6.54 Å². The molecule has 128 valence electrons. The molecule has 25 heavy (non-hydrogen) atoms. The van der Waals surface area contributed by atoms with Crippen LogP contribution in [-0.2, 0) is 6.54 Å². The summed E-state index contributed by atoms with van der Waals surface area (Å²) in [7, 11) is 0. The van der Waals surface area contributed by atoms with Crippen LogP contribution in [0.2, 0.25) is 0 Å². The molecule has 0 bridgehead atoms. The van der Waals surface area contributed by atoms with E-state index >= 15 is 0 Å². The Morgan fingerprint density at radius 2 is 2.04 bits per heavy atom. The lowest BCUT2D eigenvalue weighted by atomic mass is 10.1. The van der Waals surface area contributed by atoms with Gasteiger partial charge in [-0.1, -0.05) is 23.4 Å². The standard InChI is InChI=1S/C18H16F2N4O/c19-13-7-8-15(21-10-13)17-22-18(25-23-17)16-6-3-9-24(16)11-12-4-1-2-5-14(12)20/h1-2,4-5,7-8,10,16H,3,6,9,11H2. The number of likely N-dealkylation sites (tertiary alicyclic amines) is 1. The molecule has 0 saturated carbocycles. The highest BCUT2D eigenvalue weighted by molar-refractivity contribution is 5.47. The van der Waals surface area contributed by atoms with Gasteiger partial charge in [0.2, 0.25) is 11.7 Å². The number of nitrogens with zero attached hydrogens (tertiary/aromatic N) is 4. The summed E-state index contributed by atoms with van der Waals surface area (Å²) in [5.74, 6) is 0.178. The Hall–Kier alpha value is -2.67. The molecule has 3 heterocycles. The van der Waals surface area contributed by atoms with Gasteiger partial charge in [0.1, 0.15) is 17.3 Å². The average molecular weight is 342 g/mol. The third-order valence-corrected chi connectivity index (χ3v) is 4.38. The fraction of sp³-hybridized carbons (Fsp3) is 0.278. The minimum absolute atomic E-state index is 0.0543. The first-order chi connectivity index (χ1) is 12.2. The second-order valence-corrected chi connectivity index (χ2v) is 6.04. The van der Waals surface area contributed by atoms with E-state index in [2.05, 4.69) is 20.0 Å². The third-order valence-electron chi connectivity index (χ3n) is 4.38. The van der Waals surface area contributed by atoms with Crippen molar-refractivity contribution in [2.24, 2.45) is 0 Å². The van der Waals surface area contributed by atoms with Crippen LogP contribution in [-0.4, -0.2) is 26.6 Å². The molecule has 0 aliphatic carbocycles. The maximum Gasteiger partial charge on any atom is 0.244 e. The van der Waals surface area contributed by atoms with E-state index in [-0.39, 0.29) is 11.9 Å². The van der Waals surface area contributed by atoms with Crippen molar-refractivity contribution in [1.29, 1.82) is 0 Å². The zero-order valence-electron chi connectivity index (χ0n) is 13.4. The van der Waals surface area contributed by atoms with Crippen molar-refractivity contribution in [3.63, 3.8) is 0 Å². The quantitative estimate of drug-likeness (QED) is 0.723. The number of rotatable bonds is 4. The molecule has 1 unspecified atom stereocenters. The number of benzene rings is 1. The molecular weight excluding hydrogens is 326 g/mol. The molecule has 1 aliphatic rings. The topological polar surface area (TPSA) is 55.1 Å². The van der Waals surface area contributed by atoms with E-state index in [9.17, 15) is 8.78 Å². The molecule has 1 aliphatic heterocycles. The van der Waals surface area contributed by atoms with Gasteiger partial charge in [-0.15, -0.1) is 0 Å². The largest absolute Gasteiger partial charge is 0.337 e. The van der Waals surface area contributed by atoms with Gasteiger partial charge in [-0.25, -0.2) is 13.8 Å². The molecule has 0 N–H and O–H groups in total. The van der Waals surface area contributed by atoms with Gasteiger partial charge in [0.05, 0.1) is 12.2 Å². The number of hydrogen-bond donors (Lipinski definition) is 0. The fourth-order valence-electron chi connectivity index (χ4n) is 3.12. The summed E-state index contributed by atoms with van der Waals surface area (Å²) < 4.78 is 32.3. The van der Waals surface area contributed by atoms with Crippen LogP contribution in [0.1, 0.15) is 30.3 Å². The Balaban J connectivity index is 1.54. The molecule has 1 atom stereocenters. The van der Waals surface area contributed by atoms with Crippen LogP contribution >= 0.6 is 0 Å². The Morgan fingerprint density at radius 3 is 2.84 bits per heavy atom. The monoisotopic (exact) mass is 342 g/mol. The smallest absolute Gasteiger partial charge is 0.244 e. The van der Waals surface area contributed by atoms with E-state index in [4.69, 9.17) is 4.52 Å². The highest BCUT2D eigenvalue weighted by atomic mass is 19.1. The zero-order valence-corrected chi connectivity index (χ0v) is 13.4. The Bertz CT molecular complexity index is 866. The highest BCUT2D eigenvalue weighted by Crippen LogP contribution is 2.33. The summed E-state index contributed by atoms with van der Waals surface area (Å²) in [5, 5.41) is 3.95. The normalized spacial score (nSPS) is 17.9. The highest BCUT2D eigenvalue weighted by Gasteiger charge is 2.31. The third kappa shape index (κ3) is 3.28. The van der Waals surface area contributed by atoms with Gasteiger partial charge in [0.25, 0.3) is 0 Å². The van der Waals surface area contributed by atoms with Gasteiger partial charge in [0, 0.05) is 12.1 Å². The fourth-order valence-corrected chi connectivity index (χ4v) is 3.12. The first kappa shape index (κ1) is 15.8. The van der Waals surface area contributed by atoms with Crippen molar-refractivity contribution >= 4 is 0 Å². The predicted molar refractivity (Wildman–Crippen MR) is 86.3 cm³/mol. The zero-order chi connectivity index (χ0) is 17.2. The van der Waals surface area contributed by atoms with Crippen molar-refractivity contribution in [1.82, 2.24) is 20.0 Å². The minimum Gasteiger partial charge on any atom is -0.337 e. The van der Waals surface area contributed by atoms with Crippen LogP contribution < -0.4 is 0 Å².